The van der Waals surface area contributed by atoms with E-state index in [1.807, 2.05) is 0 Å². The molecular formula is C18H35N5O. The second-order valence-corrected chi connectivity index (χ2v) is 6.92. The van der Waals surface area contributed by atoms with E-state index in [9.17, 15) is 0 Å². The van der Waals surface area contributed by atoms with Crippen molar-refractivity contribution >= 4 is 5.96 Å². The summed E-state index contributed by atoms with van der Waals surface area (Å²) in [6, 6.07) is 0. The van der Waals surface area contributed by atoms with E-state index in [1.54, 1.807) is 6.20 Å². The average molecular weight is 338 g/mol. The zero-order valence-corrected chi connectivity index (χ0v) is 16.3. The predicted octanol–water partition coefficient (Wildman–Crippen LogP) is 2.76. The van der Waals surface area contributed by atoms with Crippen LogP contribution in [0.2, 0.25) is 0 Å². The summed E-state index contributed by atoms with van der Waals surface area (Å²) in [5.74, 6) is 2.35. The van der Waals surface area contributed by atoms with Gasteiger partial charge in [-0.15, -0.1) is 0 Å². The van der Waals surface area contributed by atoms with E-state index in [4.69, 9.17) is 4.42 Å². The summed E-state index contributed by atoms with van der Waals surface area (Å²) in [6.45, 7) is 18.2. The highest BCUT2D eigenvalue weighted by molar-refractivity contribution is 5.79. The molecule has 0 saturated carbocycles. The van der Waals surface area contributed by atoms with Crippen LogP contribution in [0.25, 0.3) is 0 Å². The highest BCUT2D eigenvalue weighted by Crippen LogP contribution is 2.22. The topological polar surface area (TPSA) is 65.7 Å². The number of likely N-dealkylation sites (N-methyl/N-ethyl adjacent to an activating group) is 1. The first-order chi connectivity index (χ1) is 11.4. The van der Waals surface area contributed by atoms with Crippen molar-refractivity contribution in [1.29, 1.82) is 0 Å². The standard InChI is InChI=1S/C18H35N5O/c1-7-11-23(9-3)12-10-20-17(19-8-2)22-14-16-21-13-15(24-16)18(4,5)6/h13H,7-12,14H2,1-6H3,(H2,19,20,22). The number of guanidine groups is 1. The van der Waals surface area contributed by atoms with Crippen LogP contribution in [0.1, 0.15) is 59.6 Å². The van der Waals surface area contributed by atoms with Crippen LogP contribution in [0, 0.1) is 0 Å². The lowest BCUT2D eigenvalue weighted by atomic mass is 9.94. The maximum atomic E-state index is 5.79. The van der Waals surface area contributed by atoms with E-state index in [-0.39, 0.29) is 5.41 Å². The Hall–Kier alpha value is -1.56. The number of nitrogens with zero attached hydrogens (tertiary/aromatic N) is 3. The lowest BCUT2D eigenvalue weighted by molar-refractivity contribution is 0.293. The van der Waals surface area contributed by atoms with E-state index < -0.39 is 0 Å². The molecule has 138 valence electrons. The van der Waals surface area contributed by atoms with Gasteiger partial charge in [-0.3, -0.25) is 0 Å². The zero-order chi connectivity index (χ0) is 18.0. The molecule has 24 heavy (non-hydrogen) atoms. The molecule has 1 aromatic rings. The van der Waals surface area contributed by atoms with E-state index >= 15 is 0 Å². The van der Waals surface area contributed by atoms with Crippen molar-refractivity contribution in [3.8, 4) is 0 Å². The van der Waals surface area contributed by atoms with Crippen molar-refractivity contribution < 1.29 is 4.42 Å². The summed E-state index contributed by atoms with van der Waals surface area (Å²) in [6.07, 6.45) is 2.98. The molecule has 0 aliphatic carbocycles. The number of aliphatic imine (C=N–C) groups is 1. The summed E-state index contributed by atoms with van der Waals surface area (Å²) in [4.78, 5) is 11.3. The molecule has 0 fully saturated rings. The van der Waals surface area contributed by atoms with Gasteiger partial charge in [0.05, 0.1) is 6.20 Å². The lowest BCUT2D eigenvalue weighted by Gasteiger charge is -2.20. The van der Waals surface area contributed by atoms with Crippen molar-refractivity contribution in [2.75, 3.05) is 32.7 Å². The molecule has 1 rings (SSSR count). The molecule has 0 saturated heterocycles. The minimum absolute atomic E-state index is 0.0272. The zero-order valence-electron chi connectivity index (χ0n) is 16.3. The molecule has 0 unspecified atom stereocenters. The molecule has 6 nitrogen and oxygen atoms in total. The third-order valence-corrected chi connectivity index (χ3v) is 3.72. The van der Waals surface area contributed by atoms with Gasteiger partial charge in [-0.25, -0.2) is 9.98 Å². The molecule has 6 heteroatoms. The maximum Gasteiger partial charge on any atom is 0.216 e. The van der Waals surface area contributed by atoms with Gasteiger partial charge in [0.1, 0.15) is 12.3 Å². The molecule has 0 aromatic carbocycles. The van der Waals surface area contributed by atoms with Crippen LogP contribution < -0.4 is 10.6 Å². The average Bonchev–Trinajstić information content (AvgIpc) is 3.01. The lowest BCUT2D eigenvalue weighted by Crippen LogP contribution is -2.41. The third-order valence-electron chi connectivity index (χ3n) is 3.72. The molecule has 0 aliphatic heterocycles. The number of aromatic nitrogens is 1. The van der Waals surface area contributed by atoms with E-state index in [0.29, 0.717) is 12.4 Å². The quantitative estimate of drug-likeness (QED) is 0.536. The molecular weight excluding hydrogens is 302 g/mol. The Balaban J connectivity index is 2.54. The Kier molecular flexibility index (Phi) is 8.82. The summed E-state index contributed by atoms with van der Waals surface area (Å²) in [5.41, 5.74) is -0.0272. The fourth-order valence-electron chi connectivity index (χ4n) is 2.30. The Morgan fingerprint density at radius 3 is 2.50 bits per heavy atom. The van der Waals surface area contributed by atoms with Gasteiger partial charge >= 0.3 is 0 Å². The third kappa shape index (κ3) is 7.34. The molecule has 0 bridgehead atoms. The van der Waals surface area contributed by atoms with Gasteiger partial charge in [0.15, 0.2) is 5.96 Å². The number of rotatable bonds is 9. The second-order valence-electron chi connectivity index (χ2n) is 6.92. The summed E-state index contributed by atoms with van der Waals surface area (Å²) < 4.78 is 5.79. The maximum absolute atomic E-state index is 5.79. The van der Waals surface area contributed by atoms with Gasteiger partial charge in [-0.05, 0) is 26.4 Å². The van der Waals surface area contributed by atoms with E-state index in [2.05, 4.69) is 67.1 Å². The Bertz CT molecular complexity index is 490. The summed E-state index contributed by atoms with van der Waals surface area (Å²) in [5, 5.41) is 6.64. The van der Waals surface area contributed by atoms with Crippen LogP contribution in [-0.2, 0) is 12.0 Å². The summed E-state index contributed by atoms with van der Waals surface area (Å²) >= 11 is 0. The number of nitrogens with one attached hydrogen (secondary N) is 2. The molecule has 0 atom stereocenters. The van der Waals surface area contributed by atoms with Crippen LogP contribution in [0.5, 0.6) is 0 Å². The van der Waals surface area contributed by atoms with E-state index in [0.717, 1.165) is 44.4 Å². The fourth-order valence-corrected chi connectivity index (χ4v) is 2.30. The Morgan fingerprint density at radius 1 is 1.21 bits per heavy atom. The molecule has 1 heterocycles. The molecule has 2 N–H and O–H groups in total. The van der Waals surface area contributed by atoms with Crippen molar-refractivity contribution in [1.82, 2.24) is 20.5 Å². The highest BCUT2D eigenvalue weighted by atomic mass is 16.4. The Labute approximate surface area is 147 Å². The fraction of sp³-hybridized carbons (Fsp3) is 0.778. The molecule has 0 amide bonds. The monoisotopic (exact) mass is 337 g/mol. The van der Waals surface area contributed by atoms with Gasteiger partial charge in [0.2, 0.25) is 5.89 Å². The number of oxazole rings is 1. The van der Waals surface area contributed by atoms with Crippen molar-refractivity contribution in [2.45, 2.75) is 59.9 Å². The van der Waals surface area contributed by atoms with Crippen LogP contribution in [0.3, 0.4) is 0 Å². The minimum Gasteiger partial charge on any atom is -0.443 e. The SMILES string of the molecule is CCCN(CC)CCNC(=NCc1ncc(C(C)(C)C)o1)NCC. The van der Waals surface area contributed by atoms with Crippen LogP contribution >= 0.6 is 0 Å². The van der Waals surface area contributed by atoms with Crippen LogP contribution in [-0.4, -0.2) is 48.6 Å². The smallest absolute Gasteiger partial charge is 0.216 e. The highest BCUT2D eigenvalue weighted by Gasteiger charge is 2.18. The minimum atomic E-state index is -0.0272. The molecule has 0 aliphatic rings. The van der Waals surface area contributed by atoms with Crippen molar-refractivity contribution in [2.24, 2.45) is 4.99 Å². The summed E-state index contributed by atoms with van der Waals surface area (Å²) in [7, 11) is 0. The van der Waals surface area contributed by atoms with Gasteiger partial charge in [-0.2, -0.15) is 0 Å². The van der Waals surface area contributed by atoms with Crippen LogP contribution in [0.4, 0.5) is 0 Å². The first-order valence-electron chi connectivity index (χ1n) is 9.10. The first-order valence-corrected chi connectivity index (χ1v) is 9.10. The van der Waals surface area contributed by atoms with Crippen molar-refractivity contribution in [3.63, 3.8) is 0 Å². The van der Waals surface area contributed by atoms with Gasteiger partial charge in [-0.1, -0.05) is 34.6 Å². The molecule has 0 spiro atoms. The van der Waals surface area contributed by atoms with E-state index in [1.165, 1.54) is 6.42 Å². The van der Waals surface area contributed by atoms with Gasteiger partial charge in [0, 0.05) is 25.0 Å². The molecule has 1 aromatic heterocycles. The van der Waals surface area contributed by atoms with Crippen LogP contribution in [0.15, 0.2) is 15.6 Å². The van der Waals surface area contributed by atoms with Gasteiger partial charge in [0.25, 0.3) is 0 Å². The number of hydrogen-bond acceptors (Lipinski definition) is 4. The first kappa shape index (κ1) is 20.5. The van der Waals surface area contributed by atoms with Crippen molar-refractivity contribution in [3.05, 3.63) is 17.8 Å². The normalized spacial score (nSPS) is 12.7. The predicted molar refractivity (Wildman–Crippen MR) is 100 cm³/mol. The van der Waals surface area contributed by atoms with Gasteiger partial charge < -0.3 is 20.0 Å². The Morgan fingerprint density at radius 2 is 1.96 bits per heavy atom. The second kappa shape index (κ2) is 10.3. The number of hydrogen-bond donors (Lipinski definition) is 2. The molecule has 0 radical (unpaired) electrons. The largest absolute Gasteiger partial charge is 0.443 e.